The molecule has 15 heteroatoms. The Bertz CT molecular complexity index is 882. The third-order valence-corrected chi connectivity index (χ3v) is 5.67. The van der Waals surface area contributed by atoms with Gasteiger partial charge in [0.05, 0.1) is 66.5 Å². The van der Waals surface area contributed by atoms with Crippen molar-refractivity contribution in [2.24, 2.45) is 5.11 Å². The number of aromatic nitrogens is 2. The smallest absolute Gasteiger partial charge is 0.321 e. The lowest BCUT2D eigenvalue weighted by Gasteiger charge is -2.37. The van der Waals surface area contributed by atoms with Gasteiger partial charge in [-0.2, -0.15) is 9.97 Å². The summed E-state index contributed by atoms with van der Waals surface area (Å²) in [6.07, 6.45) is -2.12. The largest absolute Gasteiger partial charge is 0.481 e. The van der Waals surface area contributed by atoms with Crippen molar-refractivity contribution in [1.29, 1.82) is 0 Å². The van der Waals surface area contributed by atoms with E-state index in [-0.39, 0.29) is 38.0 Å². The first-order chi connectivity index (χ1) is 18.4. The predicted octanol–water partition coefficient (Wildman–Crippen LogP) is 1.92. The van der Waals surface area contributed by atoms with E-state index >= 15 is 0 Å². The van der Waals surface area contributed by atoms with Crippen molar-refractivity contribution in [2.75, 3.05) is 72.4 Å². The van der Waals surface area contributed by atoms with Crippen LogP contribution >= 0.6 is 0 Å². The topological polar surface area (TPSA) is 170 Å². The van der Waals surface area contributed by atoms with E-state index in [0.29, 0.717) is 44.7 Å². The van der Waals surface area contributed by atoms with Crippen LogP contribution < -0.4 is 14.8 Å². The molecule has 1 aromatic rings. The molecule has 1 aromatic heterocycles. The Hall–Kier alpha value is -2.49. The average molecular weight is 543 g/mol. The fourth-order valence-electron chi connectivity index (χ4n) is 4.01. The van der Waals surface area contributed by atoms with E-state index in [9.17, 15) is 0 Å². The molecule has 2 fully saturated rings. The fraction of sp³-hybridized carbons (Fsp3) is 0.826. The van der Waals surface area contributed by atoms with E-state index in [0.717, 1.165) is 0 Å². The number of nitrogens with zero attached hydrogens (tertiary/aromatic N) is 5. The van der Waals surface area contributed by atoms with Gasteiger partial charge in [0, 0.05) is 17.6 Å². The molecular formula is C23H38N6O9. The molecule has 3 heterocycles. The molecule has 0 bridgehead atoms. The van der Waals surface area contributed by atoms with Crippen LogP contribution in [0.25, 0.3) is 10.4 Å². The summed E-state index contributed by atoms with van der Waals surface area (Å²) in [6, 6.07) is 1.53. The highest BCUT2D eigenvalue weighted by molar-refractivity contribution is 5.41. The third-order valence-electron chi connectivity index (χ3n) is 5.67. The van der Waals surface area contributed by atoms with Crippen molar-refractivity contribution in [3.8, 4) is 11.9 Å². The van der Waals surface area contributed by atoms with E-state index in [1.54, 1.807) is 6.07 Å². The molecule has 0 aliphatic carbocycles. The summed E-state index contributed by atoms with van der Waals surface area (Å²) in [5.74, 6) is 0.00953. The highest BCUT2D eigenvalue weighted by Gasteiger charge is 2.52. The van der Waals surface area contributed by atoms with Crippen molar-refractivity contribution in [2.45, 2.75) is 57.1 Å². The molecule has 2 saturated heterocycles. The number of nitrogens with one attached hydrogen (secondary N) is 1. The Balaban J connectivity index is 1.53. The minimum Gasteiger partial charge on any atom is -0.481 e. The van der Waals surface area contributed by atoms with Crippen LogP contribution in [0.15, 0.2) is 11.2 Å². The van der Waals surface area contributed by atoms with Crippen LogP contribution in [-0.2, 0) is 33.2 Å². The van der Waals surface area contributed by atoms with Gasteiger partial charge < -0.3 is 47.9 Å². The number of rotatable bonds is 17. The van der Waals surface area contributed by atoms with Gasteiger partial charge in [-0.1, -0.05) is 5.11 Å². The number of fused-ring (bicyclic) bond motifs is 1. The molecule has 1 N–H and O–H groups in total. The zero-order chi connectivity index (χ0) is 27.4. The molecule has 0 saturated carbocycles. The van der Waals surface area contributed by atoms with E-state index < -0.39 is 24.2 Å². The zero-order valence-corrected chi connectivity index (χ0v) is 22.5. The number of anilines is 1. The summed E-state index contributed by atoms with van der Waals surface area (Å²) < 4.78 is 50.8. The molecule has 15 nitrogen and oxygen atoms in total. The highest BCUT2D eigenvalue weighted by Crippen LogP contribution is 2.36. The quantitative estimate of drug-likeness (QED) is 0.131. The molecule has 0 radical (unpaired) electrons. The van der Waals surface area contributed by atoms with Gasteiger partial charge in [0.15, 0.2) is 12.0 Å². The Morgan fingerprint density at radius 2 is 1.84 bits per heavy atom. The Kier molecular flexibility index (Phi) is 12.0. The zero-order valence-electron chi connectivity index (χ0n) is 22.5. The molecule has 1 unspecified atom stereocenters. The van der Waals surface area contributed by atoms with Crippen LogP contribution in [0.5, 0.6) is 11.9 Å². The van der Waals surface area contributed by atoms with Gasteiger partial charge in [-0.25, -0.2) is 0 Å². The lowest BCUT2D eigenvalue weighted by molar-refractivity contribution is -0.164. The van der Waals surface area contributed by atoms with Gasteiger partial charge in [0.2, 0.25) is 5.88 Å². The van der Waals surface area contributed by atoms with Crippen molar-refractivity contribution < 1.29 is 42.6 Å². The molecule has 0 aromatic carbocycles. The van der Waals surface area contributed by atoms with Crippen LogP contribution in [0, 0.1) is 0 Å². The van der Waals surface area contributed by atoms with Crippen LogP contribution in [0.1, 0.15) is 20.8 Å². The maximum Gasteiger partial charge on any atom is 0.321 e. The summed E-state index contributed by atoms with van der Waals surface area (Å²) in [6.45, 7) is 8.46. The van der Waals surface area contributed by atoms with Gasteiger partial charge in [0.25, 0.3) is 0 Å². The van der Waals surface area contributed by atoms with Crippen molar-refractivity contribution in [3.63, 3.8) is 0 Å². The molecule has 38 heavy (non-hydrogen) atoms. The summed E-state index contributed by atoms with van der Waals surface area (Å²) in [4.78, 5) is 11.3. The molecular weight excluding hydrogens is 504 g/mol. The van der Waals surface area contributed by atoms with Gasteiger partial charge in [-0.05, 0) is 26.3 Å². The molecule has 214 valence electrons. The van der Waals surface area contributed by atoms with Crippen molar-refractivity contribution in [3.05, 3.63) is 16.5 Å². The summed E-state index contributed by atoms with van der Waals surface area (Å²) in [5, 5.41) is 6.99. The SMILES string of the molecule is CCOCCOCCOCC(N=[N+]=[N-])OC[C@H]1OC[C@@H](Nc2cc(OC)nc(OC)n2)[C@H]2OC(C)(C)O[C@H]21. The highest BCUT2D eigenvalue weighted by atomic mass is 16.8. The van der Waals surface area contributed by atoms with Gasteiger partial charge in [-0.15, -0.1) is 0 Å². The first kappa shape index (κ1) is 30.1. The molecule has 2 aliphatic rings. The second-order valence-electron chi connectivity index (χ2n) is 8.85. The number of ether oxygens (including phenoxy) is 9. The van der Waals surface area contributed by atoms with E-state index in [1.807, 2.05) is 20.8 Å². The molecule has 5 atom stereocenters. The Labute approximate surface area is 221 Å². The number of azide groups is 1. The van der Waals surface area contributed by atoms with E-state index in [2.05, 4.69) is 25.3 Å². The number of methoxy groups -OCH3 is 2. The Morgan fingerprint density at radius 1 is 1.11 bits per heavy atom. The van der Waals surface area contributed by atoms with Gasteiger partial charge in [0.1, 0.15) is 24.1 Å². The Morgan fingerprint density at radius 3 is 2.55 bits per heavy atom. The van der Waals surface area contributed by atoms with E-state index in [4.69, 9.17) is 48.2 Å². The molecule has 3 rings (SSSR count). The monoisotopic (exact) mass is 542 g/mol. The van der Waals surface area contributed by atoms with Crippen LogP contribution in [0.3, 0.4) is 0 Å². The lowest BCUT2D eigenvalue weighted by atomic mass is 9.98. The van der Waals surface area contributed by atoms with E-state index in [1.165, 1.54) is 14.2 Å². The normalized spacial score (nSPS) is 24.8. The first-order valence-corrected chi connectivity index (χ1v) is 12.5. The van der Waals surface area contributed by atoms with Gasteiger partial charge >= 0.3 is 6.01 Å². The first-order valence-electron chi connectivity index (χ1n) is 12.5. The second kappa shape index (κ2) is 15.2. The summed E-state index contributed by atoms with van der Waals surface area (Å²) >= 11 is 0. The fourth-order valence-corrected chi connectivity index (χ4v) is 4.01. The van der Waals surface area contributed by atoms with Crippen molar-refractivity contribution >= 4 is 5.82 Å². The summed E-state index contributed by atoms with van der Waals surface area (Å²) in [7, 11) is 2.99. The summed E-state index contributed by atoms with van der Waals surface area (Å²) in [5.41, 5.74) is 8.94. The van der Waals surface area contributed by atoms with Crippen molar-refractivity contribution in [1.82, 2.24) is 9.97 Å². The van der Waals surface area contributed by atoms with Crippen LogP contribution in [0.2, 0.25) is 0 Å². The second-order valence-corrected chi connectivity index (χ2v) is 8.85. The third kappa shape index (κ3) is 9.06. The average Bonchev–Trinajstić information content (AvgIpc) is 3.24. The molecule has 2 aliphatic heterocycles. The lowest BCUT2D eigenvalue weighted by Crippen LogP contribution is -2.55. The predicted molar refractivity (Wildman–Crippen MR) is 133 cm³/mol. The standard InChI is InChI=1S/C23H38N6O9/c1-6-32-7-8-33-9-10-34-14-19(28-29-24)36-13-16-21-20(37-23(2,3)38-21)15(12-35-16)25-17-11-18(30-4)27-22(26-17)31-5/h11,15-16,19-21H,6-10,12-14H2,1-5H3,(H,25,26,27)/t15-,16-,19?,20-,21+/m1/s1. The maximum absolute atomic E-state index is 8.94. The number of hydrogen-bond acceptors (Lipinski definition) is 13. The minimum absolute atomic E-state index is 0.0735. The minimum atomic E-state index is -0.836. The van der Waals surface area contributed by atoms with Gasteiger partial charge in [-0.3, -0.25) is 0 Å². The maximum atomic E-state index is 8.94. The molecule has 0 amide bonds. The number of hydrogen-bond donors (Lipinski definition) is 1. The molecule has 0 spiro atoms. The van der Waals surface area contributed by atoms with Crippen LogP contribution in [-0.4, -0.2) is 113 Å². The van der Waals surface area contributed by atoms with Crippen LogP contribution in [0.4, 0.5) is 5.82 Å².